The van der Waals surface area contributed by atoms with Crippen LogP contribution in [0, 0.1) is 5.82 Å². The smallest absolute Gasteiger partial charge is 0.210 e. The van der Waals surface area contributed by atoms with Gasteiger partial charge in [-0.05, 0) is 28.5 Å². The van der Waals surface area contributed by atoms with Gasteiger partial charge in [-0.15, -0.1) is 0 Å². The predicted octanol–water partition coefficient (Wildman–Crippen LogP) is 4.49. The molecule has 1 saturated heterocycles. The number of aromatic nitrogens is 2. The molecular formula is C24H23FN4. The van der Waals surface area contributed by atoms with E-state index in [-0.39, 0.29) is 5.82 Å². The van der Waals surface area contributed by atoms with Crippen molar-refractivity contribution in [2.75, 3.05) is 31.1 Å². The number of fused-ring (bicyclic) bond motifs is 1. The summed E-state index contributed by atoms with van der Waals surface area (Å²) in [5, 5.41) is 2.61. The molecule has 29 heavy (non-hydrogen) atoms. The van der Waals surface area contributed by atoms with Gasteiger partial charge >= 0.3 is 0 Å². The molecule has 0 bridgehead atoms. The molecule has 1 aliphatic heterocycles. The first-order valence-electron chi connectivity index (χ1n) is 10.0. The molecule has 0 N–H and O–H groups in total. The van der Waals surface area contributed by atoms with Crippen molar-refractivity contribution >= 4 is 16.7 Å². The van der Waals surface area contributed by atoms with E-state index in [9.17, 15) is 4.39 Å². The number of hydrogen-bond donors (Lipinski definition) is 0. The largest absolute Gasteiger partial charge is 0.339 e. The monoisotopic (exact) mass is 386 g/mol. The standard InChI is InChI=1S/C24H23FN4/c25-22-10-3-4-11-23(22)29-13-12-26-24(29)28-16-14-27(15-17-28)18-20-8-5-7-19-6-1-2-9-21(19)20/h1-13H,14-18H2. The van der Waals surface area contributed by atoms with Crippen molar-refractivity contribution in [3.05, 3.63) is 90.5 Å². The van der Waals surface area contributed by atoms with E-state index in [0.29, 0.717) is 5.69 Å². The number of benzene rings is 3. The summed E-state index contributed by atoms with van der Waals surface area (Å²) in [5.74, 6) is 0.571. The molecule has 0 radical (unpaired) electrons. The second-order valence-electron chi connectivity index (χ2n) is 7.45. The van der Waals surface area contributed by atoms with Gasteiger partial charge in [0.25, 0.3) is 0 Å². The minimum Gasteiger partial charge on any atom is -0.339 e. The summed E-state index contributed by atoms with van der Waals surface area (Å²) in [6, 6.07) is 21.9. The van der Waals surface area contributed by atoms with Crippen molar-refractivity contribution in [1.82, 2.24) is 14.5 Å². The Morgan fingerprint density at radius 1 is 0.828 bits per heavy atom. The molecule has 146 valence electrons. The van der Waals surface area contributed by atoms with Gasteiger partial charge in [0.05, 0.1) is 5.69 Å². The Kier molecular flexibility index (Phi) is 4.74. The zero-order chi connectivity index (χ0) is 19.6. The van der Waals surface area contributed by atoms with Gasteiger partial charge in [0, 0.05) is 45.1 Å². The van der Waals surface area contributed by atoms with Crippen LogP contribution in [-0.2, 0) is 6.54 Å². The lowest BCUT2D eigenvalue weighted by molar-refractivity contribution is 0.249. The molecule has 0 aliphatic carbocycles. The first kappa shape index (κ1) is 17.9. The van der Waals surface area contributed by atoms with Gasteiger partial charge in [-0.25, -0.2) is 9.37 Å². The lowest BCUT2D eigenvalue weighted by Crippen LogP contribution is -2.46. The third-order valence-corrected chi connectivity index (χ3v) is 5.66. The third kappa shape index (κ3) is 3.49. The van der Waals surface area contributed by atoms with Crippen LogP contribution >= 0.6 is 0 Å². The number of rotatable bonds is 4. The molecule has 2 heterocycles. The topological polar surface area (TPSA) is 24.3 Å². The third-order valence-electron chi connectivity index (χ3n) is 5.66. The Hall–Kier alpha value is -3.18. The average Bonchev–Trinajstić information content (AvgIpc) is 3.24. The van der Waals surface area contributed by atoms with Crippen LogP contribution in [0.2, 0.25) is 0 Å². The second-order valence-corrected chi connectivity index (χ2v) is 7.45. The molecule has 1 fully saturated rings. The molecule has 0 amide bonds. The molecule has 0 saturated carbocycles. The Balaban J connectivity index is 1.31. The number of hydrogen-bond acceptors (Lipinski definition) is 3. The zero-order valence-corrected chi connectivity index (χ0v) is 16.2. The second kappa shape index (κ2) is 7.68. The number of piperazine rings is 1. The normalized spacial score (nSPS) is 15.1. The maximum absolute atomic E-state index is 14.3. The highest BCUT2D eigenvalue weighted by Gasteiger charge is 2.22. The molecule has 1 aliphatic rings. The first-order valence-corrected chi connectivity index (χ1v) is 10.0. The van der Waals surface area contributed by atoms with Gasteiger partial charge < -0.3 is 4.90 Å². The maximum Gasteiger partial charge on any atom is 0.210 e. The number of para-hydroxylation sites is 1. The Labute approximate surface area is 169 Å². The quantitative estimate of drug-likeness (QED) is 0.517. The van der Waals surface area contributed by atoms with Crippen LogP contribution in [0.4, 0.5) is 10.3 Å². The van der Waals surface area contributed by atoms with E-state index in [1.54, 1.807) is 18.3 Å². The van der Waals surface area contributed by atoms with Crippen LogP contribution in [-0.4, -0.2) is 40.6 Å². The van der Waals surface area contributed by atoms with E-state index in [1.807, 2.05) is 16.8 Å². The first-order chi connectivity index (χ1) is 14.3. The van der Waals surface area contributed by atoms with Gasteiger partial charge in [0.2, 0.25) is 5.95 Å². The van der Waals surface area contributed by atoms with Crippen LogP contribution in [0.15, 0.2) is 79.1 Å². The highest BCUT2D eigenvalue weighted by atomic mass is 19.1. The number of imidazole rings is 1. The molecule has 0 spiro atoms. The van der Waals surface area contributed by atoms with Crippen LogP contribution in [0.25, 0.3) is 16.5 Å². The minimum atomic E-state index is -0.235. The molecule has 1 aromatic heterocycles. The highest BCUT2D eigenvalue weighted by molar-refractivity contribution is 5.85. The van der Waals surface area contributed by atoms with Crippen LogP contribution in [0.1, 0.15) is 5.56 Å². The maximum atomic E-state index is 14.3. The van der Waals surface area contributed by atoms with Gasteiger partial charge in [0.1, 0.15) is 5.82 Å². The average molecular weight is 386 g/mol. The predicted molar refractivity (Wildman–Crippen MR) is 115 cm³/mol. The number of halogens is 1. The molecule has 3 aromatic carbocycles. The Morgan fingerprint density at radius 2 is 1.59 bits per heavy atom. The summed E-state index contributed by atoms with van der Waals surface area (Å²) in [5.41, 5.74) is 1.91. The van der Waals surface area contributed by atoms with Crippen molar-refractivity contribution in [2.24, 2.45) is 0 Å². The van der Waals surface area contributed by atoms with Gasteiger partial charge in [-0.3, -0.25) is 9.47 Å². The Morgan fingerprint density at radius 3 is 2.45 bits per heavy atom. The van der Waals surface area contributed by atoms with Gasteiger partial charge in [-0.1, -0.05) is 54.6 Å². The summed E-state index contributed by atoms with van der Waals surface area (Å²) in [4.78, 5) is 9.23. The van der Waals surface area contributed by atoms with E-state index in [2.05, 4.69) is 57.2 Å². The minimum absolute atomic E-state index is 0.235. The fourth-order valence-electron chi connectivity index (χ4n) is 4.14. The van der Waals surface area contributed by atoms with Crippen molar-refractivity contribution in [3.63, 3.8) is 0 Å². The van der Waals surface area contributed by atoms with E-state index in [0.717, 1.165) is 38.7 Å². The summed E-state index contributed by atoms with van der Waals surface area (Å²) >= 11 is 0. The molecular weight excluding hydrogens is 363 g/mol. The number of nitrogens with zero attached hydrogens (tertiary/aromatic N) is 4. The van der Waals surface area contributed by atoms with Crippen LogP contribution < -0.4 is 4.90 Å². The summed E-state index contributed by atoms with van der Waals surface area (Å²) in [7, 11) is 0. The summed E-state index contributed by atoms with van der Waals surface area (Å²) in [6.07, 6.45) is 3.57. The van der Waals surface area contributed by atoms with Gasteiger partial charge in [-0.2, -0.15) is 0 Å². The van der Waals surface area contributed by atoms with Crippen molar-refractivity contribution in [3.8, 4) is 5.69 Å². The highest BCUT2D eigenvalue weighted by Crippen LogP contribution is 2.24. The fraction of sp³-hybridized carbons (Fsp3) is 0.208. The molecule has 4 nitrogen and oxygen atoms in total. The summed E-state index contributed by atoms with van der Waals surface area (Å²) in [6.45, 7) is 4.59. The lowest BCUT2D eigenvalue weighted by atomic mass is 10.0. The van der Waals surface area contributed by atoms with E-state index in [4.69, 9.17) is 0 Å². The molecule has 0 unspecified atom stereocenters. The van der Waals surface area contributed by atoms with E-state index < -0.39 is 0 Å². The number of anilines is 1. The van der Waals surface area contributed by atoms with Crippen molar-refractivity contribution in [2.45, 2.75) is 6.54 Å². The molecule has 0 atom stereocenters. The van der Waals surface area contributed by atoms with Crippen LogP contribution in [0.3, 0.4) is 0 Å². The van der Waals surface area contributed by atoms with E-state index in [1.165, 1.54) is 22.4 Å². The van der Waals surface area contributed by atoms with Crippen LogP contribution in [0.5, 0.6) is 0 Å². The van der Waals surface area contributed by atoms with Crippen molar-refractivity contribution in [1.29, 1.82) is 0 Å². The molecule has 5 rings (SSSR count). The fourth-order valence-corrected chi connectivity index (χ4v) is 4.14. The lowest BCUT2D eigenvalue weighted by Gasteiger charge is -2.35. The zero-order valence-electron chi connectivity index (χ0n) is 16.2. The summed E-state index contributed by atoms with van der Waals surface area (Å²) < 4.78 is 16.1. The molecule has 5 heteroatoms. The Bertz CT molecular complexity index is 1120. The van der Waals surface area contributed by atoms with Crippen molar-refractivity contribution < 1.29 is 4.39 Å². The van der Waals surface area contributed by atoms with Gasteiger partial charge in [0.15, 0.2) is 0 Å². The molecule has 4 aromatic rings. The SMILES string of the molecule is Fc1ccccc1-n1ccnc1N1CCN(Cc2cccc3ccccc23)CC1. The van der Waals surface area contributed by atoms with E-state index >= 15 is 0 Å².